The highest BCUT2D eigenvalue weighted by Crippen LogP contribution is 2.32. The van der Waals surface area contributed by atoms with Gasteiger partial charge in [-0.05, 0) is 37.3 Å². The molecule has 142 valence electrons. The molecule has 0 saturated carbocycles. The Morgan fingerprint density at radius 3 is 2.89 bits per heavy atom. The van der Waals surface area contributed by atoms with E-state index in [1.54, 1.807) is 61.2 Å². The third-order valence-corrected chi connectivity index (χ3v) is 5.45. The first-order valence-corrected chi connectivity index (χ1v) is 9.76. The van der Waals surface area contributed by atoms with E-state index in [0.29, 0.717) is 34.3 Å². The molecule has 2 aromatic carbocycles. The molecule has 0 fully saturated rings. The molecule has 0 spiro atoms. The van der Waals surface area contributed by atoms with Crippen molar-refractivity contribution in [3.05, 3.63) is 64.2 Å². The van der Waals surface area contributed by atoms with Gasteiger partial charge >= 0.3 is 5.97 Å². The van der Waals surface area contributed by atoms with Crippen LogP contribution in [0, 0.1) is 0 Å². The van der Waals surface area contributed by atoms with E-state index in [-0.39, 0.29) is 17.3 Å². The number of anilines is 1. The number of para-hydroxylation sites is 1. The monoisotopic (exact) mass is 395 g/mol. The second-order valence-electron chi connectivity index (χ2n) is 6.37. The lowest BCUT2D eigenvalue weighted by atomic mass is 10.2. The summed E-state index contributed by atoms with van der Waals surface area (Å²) >= 11 is 1.56. The molecule has 1 atom stereocenters. The number of nitrogens with one attached hydrogen (secondary N) is 2. The zero-order valence-corrected chi connectivity index (χ0v) is 15.8. The summed E-state index contributed by atoms with van der Waals surface area (Å²) in [5.74, 6) is 0.328. The number of nitrogens with zero attached hydrogens (tertiary/aromatic N) is 1. The Morgan fingerprint density at radius 1 is 1.21 bits per heavy atom. The van der Waals surface area contributed by atoms with E-state index < -0.39 is 12.1 Å². The fraction of sp³-hybridized carbons (Fsp3) is 0.200. The quantitative estimate of drug-likeness (QED) is 0.660. The van der Waals surface area contributed by atoms with Crippen molar-refractivity contribution in [2.45, 2.75) is 24.3 Å². The molecule has 1 aliphatic heterocycles. The molecule has 28 heavy (non-hydrogen) atoms. The van der Waals surface area contributed by atoms with Crippen molar-refractivity contribution in [1.29, 1.82) is 0 Å². The lowest BCUT2D eigenvalue weighted by Gasteiger charge is -2.14. The Kier molecular flexibility index (Phi) is 4.87. The maximum atomic E-state index is 12.6. The largest absolute Gasteiger partial charge is 0.451 e. The smallest absolute Gasteiger partial charge is 0.338 e. The predicted octanol–water partition coefficient (Wildman–Crippen LogP) is 3.28. The van der Waals surface area contributed by atoms with Gasteiger partial charge in [0, 0.05) is 17.1 Å². The van der Waals surface area contributed by atoms with Crippen molar-refractivity contribution < 1.29 is 14.3 Å². The minimum absolute atomic E-state index is 0.0805. The zero-order valence-electron chi connectivity index (χ0n) is 15.0. The number of hydrogen-bond acceptors (Lipinski definition) is 6. The molecule has 2 heterocycles. The fourth-order valence-electron chi connectivity index (χ4n) is 2.93. The number of carbonyl (C=O) groups is 2. The van der Waals surface area contributed by atoms with E-state index in [1.807, 2.05) is 0 Å². The first-order chi connectivity index (χ1) is 13.5. The number of aromatic amines is 1. The highest BCUT2D eigenvalue weighted by atomic mass is 32.2. The molecule has 1 amide bonds. The van der Waals surface area contributed by atoms with Gasteiger partial charge in [0.1, 0.15) is 0 Å². The van der Waals surface area contributed by atoms with Crippen LogP contribution in [0.4, 0.5) is 5.69 Å². The number of amides is 1. The van der Waals surface area contributed by atoms with Gasteiger partial charge in [-0.3, -0.25) is 9.59 Å². The predicted molar refractivity (Wildman–Crippen MR) is 107 cm³/mol. The lowest BCUT2D eigenvalue weighted by Crippen LogP contribution is -2.17. The second kappa shape index (κ2) is 7.47. The molecule has 0 bridgehead atoms. The Bertz CT molecular complexity index is 1140. The number of fused-ring (bicyclic) bond motifs is 2. The van der Waals surface area contributed by atoms with Gasteiger partial charge in [-0.1, -0.05) is 12.1 Å². The van der Waals surface area contributed by atoms with E-state index in [9.17, 15) is 14.4 Å². The maximum absolute atomic E-state index is 12.6. The van der Waals surface area contributed by atoms with Crippen LogP contribution >= 0.6 is 11.8 Å². The van der Waals surface area contributed by atoms with Gasteiger partial charge in [-0.2, -0.15) is 0 Å². The van der Waals surface area contributed by atoms with Crippen molar-refractivity contribution in [3.8, 4) is 0 Å². The Balaban J connectivity index is 1.57. The van der Waals surface area contributed by atoms with Gasteiger partial charge in [0.2, 0.25) is 5.91 Å². The van der Waals surface area contributed by atoms with Crippen molar-refractivity contribution in [1.82, 2.24) is 9.97 Å². The van der Waals surface area contributed by atoms with Gasteiger partial charge in [0.15, 0.2) is 11.9 Å². The Morgan fingerprint density at radius 2 is 2.04 bits per heavy atom. The molecule has 7 nitrogen and oxygen atoms in total. The second-order valence-corrected chi connectivity index (χ2v) is 7.51. The number of aromatic nitrogens is 2. The van der Waals surface area contributed by atoms with Crippen LogP contribution in [-0.4, -0.2) is 27.6 Å². The topological polar surface area (TPSA) is 101 Å². The molecule has 1 aliphatic rings. The van der Waals surface area contributed by atoms with Crippen LogP contribution in [-0.2, 0) is 9.53 Å². The molecule has 3 aromatic rings. The Labute approximate surface area is 164 Å². The highest BCUT2D eigenvalue weighted by Gasteiger charge is 2.20. The molecule has 8 heteroatoms. The van der Waals surface area contributed by atoms with Crippen molar-refractivity contribution in [3.63, 3.8) is 0 Å². The van der Waals surface area contributed by atoms with Gasteiger partial charge < -0.3 is 15.0 Å². The normalized spacial score (nSPS) is 14.7. The average Bonchev–Trinajstić information content (AvgIpc) is 2.87. The highest BCUT2D eigenvalue weighted by molar-refractivity contribution is 7.99. The van der Waals surface area contributed by atoms with Gasteiger partial charge in [-0.15, -0.1) is 11.8 Å². The Hall–Kier alpha value is -3.13. The summed E-state index contributed by atoms with van der Waals surface area (Å²) in [7, 11) is 0. The minimum Gasteiger partial charge on any atom is -0.451 e. The van der Waals surface area contributed by atoms with Crippen molar-refractivity contribution in [2.75, 3.05) is 11.1 Å². The van der Waals surface area contributed by atoms with E-state index >= 15 is 0 Å². The third kappa shape index (κ3) is 3.63. The summed E-state index contributed by atoms with van der Waals surface area (Å²) in [6.07, 6.45) is -0.315. The summed E-state index contributed by atoms with van der Waals surface area (Å²) in [5.41, 5.74) is 1.17. The molecule has 1 aromatic heterocycles. The van der Waals surface area contributed by atoms with Crippen LogP contribution in [0.3, 0.4) is 0 Å². The molecular formula is C20H17N3O4S. The van der Waals surface area contributed by atoms with Gasteiger partial charge in [-0.25, -0.2) is 9.78 Å². The van der Waals surface area contributed by atoms with Crippen LogP contribution in [0.15, 0.2) is 52.2 Å². The minimum atomic E-state index is -0.743. The average molecular weight is 395 g/mol. The number of thioether (sulfide) groups is 1. The summed E-state index contributed by atoms with van der Waals surface area (Å²) < 4.78 is 5.48. The van der Waals surface area contributed by atoms with Gasteiger partial charge in [0.05, 0.1) is 22.2 Å². The van der Waals surface area contributed by atoms with E-state index in [0.717, 1.165) is 4.90 Å². The summed E-state index contributed by atoms with van der Waals surface area (Å²) in [4.78, 5) is 44.5. The molecule has 0 aliphatic carbocycles. The summed E-state index contributed by atoms with van der Waals surface area (Å²) in [5, 5.41) is 3.28. The lowest BCUT2D eigenvalue weighted by molar-refractivity contribution is -0.115. The number of carbonyl (C=O) groups excluding carboxylic acids is 2. The van der Waals surface area contributed by atoms with E-state index in [2.05, 4.69) is 15.3 Å². The van der Waals surface area contributed by atoms with Crippen LogP contribution < -0.4 is 10.9 Å². The fourth-order valence-corrected chi connectivity index (χ4v) is 3.87. The maximum Gasteiger partial charge on any atom is 0.338 e. The molecule has 2 N–H and O–H groups in total. The number of esters is 1. The van der Waals surface area contributed by atoms with E-state index in [4.69, 9.17) is 4.74 Å². The van der Waals surface area contributed by atoms with E-state index in [1.165, 1.54) is 0 Å². The number of rotatable bonds is 3. The zero-order chi connectivity index (χ0) is 19.7. The van der Waals surface area contributed by atoms with Crippen LogP contribution in [0.5, 0.6) is 0 Å². The molecular weight excluding hydrogens is 378 g/mol. The SMILES string of the molecule is C[C@@H](OC(=O)c1ccc2c(c1)NC(=O)CCS2)c1nc2ccccc2c(=O)[nH]1. The molecule has 4 rings (SSSR count). The third-order valence-electron chi connectivity index (χ3n) is 4.38. The van der Waals surface area contributed by atoms with Crippen molar-refractivity contribution >= 4 is 40.2 Å². The first-order valence-electron chi connectivity index (χ1n) is 8.78. The first kappa shape index (κ1) is 18.2. The summed E-state index contributed by atoms with van der Waals surface area (Å²) in [6.45, 7) is 1.64. The standard InChI is InChI=1S/C20H17N3O4S/c1-11(18-22-14-5-3-2-4-13(14)19(25)23-18)27-20(26)12-6-7-16-15(10-12)21-17(24)8-9-28-16/h2-7,10-11H,8-9H2,1H3,(H,21,24)(H,22,23,25)/t11-/m1/s1. The molecule has 0 saturated heterocycles. The van der Waals surface area contributed by atoms with Crippen LogP contribution in [0.25, 0.3) is 10.9 Å². The molecule has 0 unspecified atom stereocenters. The number of hydrogen-bond donors (Lipinski definition) is 2. The molecule has 0 radical (unpaired) electrons. The van der Waals surface area contributed by atoms with Crippen LogP contribution in [0.1, 0.15) is 35.6 Å². The number of H-pyrrole nitrogens is 1. The van der Waals surface area contributed by atoms with Crippen LogP contribution in [0.2, 0.25) is 0 Å². The summed E-state index contributed by atoms with van der Waals surface area (Å²) in [6, 6.07) is 12.0. The number of benzene rings is 2. The van der Waals surface area contributed by atoms with Gasteiger partial charge in [0.25, 0.3) is 5.56 Å². The number of ether oxygens (including phenoxy) is 1. The van der Waals surface area contributed by atoms with Crippen molar-refractivity contribution in [2.24, 2.45) is 0 Å².